The molecule has 0 bridgehead atoms. The highest BCUT2D eigenvalue weighted by molar-refractivity contribution is 7.99. The van der Waals surface area contributed by atoms with E-state index >= 15 is 0 Å². The van der Waals surface area contributed by atoms with Crippen LogP contribution in [-0.4, -0.2) is 16.1 Å². The Morgan fingerprint density at radius 2 is 1.89 bits per heavy atom. The number of hydrogen-bond acceptors (Lipinski definition) is 4. The molecule has 0 saturated carbocycles. The van der Waals surface area contributed by atoms with E-state index in [0.29, 0.717) is 23.2 Å². The van der Waals surface area contributed by atoms with Crippen molar-refractivity contribution in [2.24, 2.45) is 0 Å². The molecule has 0 radical (unpaired) electrons. The highest BCUT2D eigenvalue weighted by Crippen LogP contribution is 2.23. The zero-order valence-corrected chi connectivity index (χ0v) is 16.8. The Bertz CT molecular complexity index is 891. The molecular formula is C21H21ClN2O2S. The van der Waals surface area contributed by atoms with Gasteiger partial charge >= 0.3 is 0 Å². The van der Waals surface area contributed by atoms with Gasteiger partial charge in [0.05, 0.1) is 10.9 Å². The number of thioether (sulfide) groups is 1. The fraction of sp³-hybridized carbons (Fsp3) is 0.238. The summed E-state index contributed by atoms with van der Waals surface area (Å²) in [5.41, 5.74) is 3.98. The lowest BCUT2D eigenvalue weighted by molar-refractivity contribution is -0.120. The molecule has 3 rings (SSSR count). The van der Waals surface area contributed by atoms with Gasteiger partial charge in [0, 0.05) is 22.9 Å². The molecule has 140 valence electrons. The maximum Gasteiger partial charge on any atom is 0.233 e. The predicted molar refractivity (Wildman–Crippen MR) is 111 cm³/mol. The van der Waals surface area contributed by atoms with Gasteiger partial charge in [0.15, 0.2) is 0 Å². The maximum absolute atomic E-state index is 12.3. The molecule has 0 fully saturated rings. The highest BCUT2D eigenvalue weighted by Gasteiger charge is 2.15. The number of rotatable bonds is 7. The number of aromatic nitrogens is 1. The molecule has 1 heterocycles. The normalized spacial score (nSPS) is 12.0. The fourth-order valence-corrected chi connectivity index (χ4v) is 3.34. The first-order chi connectivity index (χ1) is 13.0. The Balaban J connectivity index is 1.48. The second kappa shape index (κ2) is 9.11. The van der Waals surface area contributed by atoms with Crippen molar-refractivity contribution >= 4 is 29.3 Å². The van der Waals surface area contributed by atoms with E-state index in [1.54, 1.807) is 18.4 Å². The molecule has 0 unspecified atom stereocenters. The van der Waals surface area contributed by atoms with Crippen molar-refractivity contribution in [3.8, 4) is 11.5 Å². The topological polar surface area (TPSA) is 55.1 Å². The van der Waals surface area contributed by atoms with Gasteiger partial charge in [-0.1, -0.05) is 41.4 Å². The number of hydrogen-bond donors (Lipinski definition) is 1. The summed E-state index contributed by atoms with van der Waals surface area (Å²) in [6.45, 7) is 4.48. The lowest BCUT2D eigenvalue weighted by atomic mass is 10.1. The zero-order chi connectivity index (χ0) is 19.2. The molecule has 3 aromatic rings. The Morgan fingerprint density at radius 3 is 2.59 bits per heavy atom. The summed E-state index contributed by atoms with van der Waals surface area (Å²) in [6, 6.07) is 15.5. The highest BCUT2D eigenvalue weighted by atomic mass is 35.5. The minimum Gasteiger partial charge on any atom is -0.444 e. The van der Waals surface area contributed by atoms with Gasteiger partial charge < -0.3 is 9.73 Å². The second-order valence-corrected chi connectivity index (χ2v) is 8.07. The molecule has 4 nitrogen and oxygen atoms in total. The number of nitrogens with zero attached hydrogens (tertiary/aromatic N) is 1. The molecule has 0 aliphatic heterocycles. The number of nitrogens with one attached hydrogen (secondary N) is 1. The van der Waals surface area contributed by atoms with E-state index in [2.05, 4.69) is 10.3 Å². The number of carbonyl (C=O) groups excluding carboxylic acids is 1. The van der Waals surface area contributed by atoms with Crippen LogP contribution in [0.4, 0.5) is 0 Å². The summed E-state index contributed by atoms with van der Waals surface area (Å²) < 4.78 is 5.53. The molecule has 1 N–H and O–H groups in total. The summed E-state index contributed by atoms with van der Waals surface area (Å²) in [7, 11) is 0. The third kappa shape index (κ3) is 5.62. The lowest BCUT2D eigenvalue weighted by Crippen LogP contribution is -2.30. The summed E-state index contributed by atoms with van der Waals surface area (Å²) in [4.78, 5) is 16.8. The standard InChI is InChI=1S/C21H21ClN2O2S/c1-14-3-5-16(6-4-14)11-23-20(25)15(2)27-13-19-12-26-21(24-19)17-7-9-18(22)10-8-17/h3-10,12,15H,11,13H2,1-2H3,(H,23,25)/t15-/m0/s1. The molecular weight excluding hydrogens is 380 g/mol. The fourth-order valence-electron chi connectivity index (χ4n) is 2.42. The molecule has 1 atom stereocenters. The zero-order valence-electron chi connectivity index (χ0n) is 15.2. The van der Waals surface area contributed by atoms with Crippen molar-refractivity contribution in [1.82, 2.24) is 10.3 Å². The van der Waals surface area contributed by atoms with Gasteiger partial charge in [0.1, 0.15) is 6.26 Å². The smallest absolute Gasteiger partial charge is 0.233 e. The van der Waals surface area contributed by atoms with Crippen molar-refractivity contribution < 1.29 is 9.21 Å². The van der Waals surface area contributed by atoms with E-state index in [0.717, 1.165) is 16.8 Å². The van der Waals surface area contributed by atoms with Gasteiger partial charge in [-0.3, -0.25) is 4.79 Å². The molecule has 27 heavy (non-hydrogen) atoms. The first-order valence-corrected chi connectivity index (χ1v) is 10.1. The molecule has 1 amide bonds. The average molecular weight is 401 g/mol. The first-order valence-electron chi connectivity index (χ1n) is 8.66. The molecule has 0 saturated heterocycles. The lowest BCUT2D eigenvalue weighted by Gasteiger charge is -2.11. The largest absolute Gasteiger partial charge is 0.444 e. The summed E-state index contributed by atoms with van der Waals surface area (Å²) in [6.07, 6.45) is 1.63. The van der Waals surface area contributed by atoms with Gasteiger partial charge in [-0.15, -0.1) is 11.8 Å². The minimum atomic E-state index is -0.175. The first kappa shape index (κ1) is 19.5. The van der Waals surface area contributed by atoms with Gasteiger partial charge in [-0.05, 0) is 43.7 Å². The Morgan fingerprint density at radius 1 is 1.19 bits per heavy atom. The predicted octanol–water partition coefficient (Wildman–Crippen LogP) is 5.24. The van der Waals surface area contributed by atoms with E-state index in [4.69, 9.17) is 16.0 Å². The van der Waals surface area contributed by atoms with Crippen LogP contribution < -0.4 is 5.32 Å². The molecule has 1 aromatic heterocycles. The monoisotopic (exact) mass is 400 g/mol. The molecule has 6 heteroatoms. The van der Waals surface area contributed by atoms with Gasteiger partial charge in [0.25, 0.3) is 0 Å². The number of benzene rings is 2. The van der Waals surface area contributed by atoms with Gasteiger partial charge in [-0.2, -0.15) is 0 Å². The van der Waals surface area contributed by atoms with E-state index in [1.807, 2.05) is 50.2 Å². The van der Waals surface area contributed by atoms with Crippen LogP contribution in [0.2, 0.25) is 5.02 Å². The van der Waals surface area contributed by atoms with Crippen molar-refractivity contribution in [2.75, 3.05) is 0 Å². The van der Waals surface area contributed by atoms with E-state index < -0.39 is 0 Å². The van der Waals surface area contributed by atoms with Crippen LogP contribution in [0.15, 0.2) is 59.2 Å². The Labute approximate surface area is 168 Å². The molecule has 0 aliphatic carbocycles. The number of amides is 1. The third-order valence-electron chi connectivity index (χ3n) is 4.08. The summed E-state index contributed by atoms with van der Waals surface area (Å²) in [5.74, 6) is 1.18. The maximum atomic E-state index is 12.3. The van der Waals surface area contributed by atoms with Crippen LogP contribution in [0, 0.1) is 6.92 Å². The quantitative estimate of drug-likeness (QED) is 0.589. The SMILES string of the molecule is Cc1ccc(CNC(=O)[C@H](C)SCc2coc(-c3ccc(Cl)cc3)n2)cc1. The van der Waals surface area contributed by atoms with Crippen molar-refractivity contribution in [3.05, 3.63) is 76.6 Å². The number of carbonyl (C=O) groups is 1. The van der Waals surface area contributed by atoms with Crippen LogP contribution in [0.1, 0.15) is 23.7 Å². The van der Waals surface area contributed by atoms with Crippen LogP contribution in [0.25, 0.3) is 11.5 Å². The second-order valence-electron chi connectivity index (χ2n) is 6.31. The van der Waals surface area contributed by atoms with Crippen molar-refractivity contribution in [3.63, 3.8) is 0 Å². The Hall–Kier alpha value is -2.24. The van der Waals surface area contributed by atoms with Crippen LogP contribution in [0.3, 0.4) is 0 Å². The van der Waals surface area contributed by atoms with E-state index in [9.17, 15) is 4.79 Å². The Kier molecular flexibility index (Phi) is 6.58. The van der Waals surface area contributed by atoms with Crippen LogP contribution >= 0.6 is 23.4 Å². The molecule has 0 spiro atoms. The minimum absolute atomic E-state index is 0.0157. The van der Waals surface area contributed by atoms with Crippen LogP contribution in [-0.2, 0) is 17.1 Å². The van der Waals surface area contributed by atoms with Crippen molar-refractivity contribution in [1.29, 1.82) is 0 Å². The molecule has 2 aromatic carbocycles. The van der Waals surface area contributed by atoms with E-state index in [1.165, 1.54) is 17.3 Å². The average Bonchev–Trinajstić information content (AvgIpc) is 3.15. The summed E-state index contributed by atoms with van der Waals surface area (Å²) >= 11 is 7.43. The number of halogens is 1. The summed E-state index contributed by atoms with van der Waals surface area (Å²) in [5, 5.41) is 3.47. The van der Waals surface area contributed by atoms with Crippen molar-refractivity contribution in [2.45, 2.75) is 31.4 Å². The van der Waals surface area contributed by atoms with Crippen LogP contribution in [0.5, 0.6) is 0 Å². The van der Waals surface area contributed by atoms with Gasteiger partial charge in [0.2, 0.25) is 11.8 Å². The number of aryl methyl sites for hydroxylation is 1. The third-order valence-corrected chi connectivity index (χ3v) is 5.51. The number of oxazole rings is 1. The van der Waals surface area contributed by atoms with E-state index in [-0.39, 0.29) is 11.2 Å². The molecule has 0 aliphatic rings. The van der Waals surface area contributed by atoms with Gasteiger partial charge in [-0.25, -0.2) is 4.98 Å².